The number of benzene rings is 1. The average Bonchev–Trinajstić information content (AvgIpc) is 2.76. The summed E-state index contributed by atoms with van der Waals surface area (Å²) < 4.78 is 0. The van der Waals surface area contributed by atoms with E-state index in [1.807, 2.05) is 12.1 Å². The van der Waals surface area contributed by atoms with E-state index in [9.17, 15) is 5.11 Å². The first-order valence-corrected chi connectivity index (χ1v) is 6.14. The van der Waals surface area contributed by atoms with Gasteiger partial charge in [0.15, 0.2) is 0 Å². The van der Waals surface area contributed by atoms with Crippen LogP contribution in [0.25, 0.3) is 0 Å². The van der Waals surface area contributed by atoms with Gasteiger partial charge in [-0.15, -0.1) is 0 Å². The lowest BCUT2D eigenvalue weighted by atomic mass is 9.87. The number of fused-ring (bicyclic) bond motifs is 1. The summed E-state index contributed by atoms with van der Waals surface area (Å²) in [5, 5.41) is 17.6. The number of aromatic hydroxyl groups is 1. The van der Waals surface area contributed by atoms with Crippen LogP contribution in [0.2, 0.25) is 5.02 Å². The molecule has 2 aliphatic heterocycles. The maximum absolute atomic E-state index is 9.43. The third-order valence-corrected chi connectivity index (χ3v) is 3.73. The maximum atomic E-state index is 9.43. The monoisotopic (exact) mass is 251 g/mol. The number of piperidine rings is 1. The van der Waals surface area contributed by atoms with Gasteiger partial charge in [0.1, 0.15) is 5.75 Å². The Morgan fingerprint density at radius 2 is 2.29 bits per heavy atom. The second-order valence-corrected chi connectivity index (χ2v) is 4.89. The molecule has 0 bridgehead atoms. The molecule has 5 heteroatoms. The normalized spacial score (nSPS) is 27.2. The Morgan fingerprint density at radius 1 is 1.41 bits per heavy atom. The van der Waals surface area contributed by atoms with E-state index in [2.05, 4.69) is 15.8 Å². The van der Waals surface area contributed by atoms with Gasteiger partial charge in [0.25, 0.3) is 0 Å². The molecule has 2 atom stereocenters. The third-order valence-electron chi connectivity index (χ3n) is 3.43. The van der Waals surface area contributed by atoms with Crippen molar-refractivity contribution in [3.05, 3.63) is 28.8 Å². The first-order chi connectivity index (χ1) is 8.25. The number of nitrogens with zero attached hydrogens (tertiary/aromatic N) is 1. The van der Waals surface area contributed by atoms with Gasteiger partial charge in [0.05, 0.1) is 11.1 Å². The highest BCUT2D eigenvalue weighted by molar-refractivity contribution is 6.32. The Hall–Kier alpha value is -1.26. The molecule has 2 heterocycles. The van der Waals surface area contributed by atoms with E-state index in [1.165, 1.54) is 5.71 Å². The molecule has 3 N–H and O–H groups in total. The van der Waals surface area contributed by atoms with E-state index in [1.54, 1.807) is 6.07 Å². The van der Waals surface area contributed by atoms with Crippen molar-refractivity contribution in [2.24, 2.45) is 11.0 Å². The van der Waals surface area contributed by atoms with Gasteiger partial charge in [-0.2, -0.15) is 5.10 Å². The molecular formula is C12H14ClN3O. The molecule has 90 valence electrons. The SMILES string of the molecule is Oc1ccc(C2NN=C3CCNCC32)cc1Cl. The molecule has 2 aliphatic rings. The van der Waals surface area contributed by atoms with Gasteiger partial charge in [-0.25, -0.2) is 0 Å². The predicted molar refractivity (Wildman–Crippen MR) is 67.4 cm³/mol. The van der Waals surface area contributed by atoms with Crippen LogP contribution in [0.15, 0.2) is 23.3 Å². The minimum absolute atomic E-state index is 0.122. The molecule has 1 saturated heterocycles. The zero-order chi connectivity index (χ0) is 11.8. The lowest BCUT2D eigenvalue weighted by Gasteiger charge is -2.25. The molecule has 17 heavy (non-hydrogen) atoms. The third kappa shape index (κ3) is 1.87. The summed E-state index contributed by atoms with van der Waals surface area (Å²) in [5.41, 5.74) is 5.47. The van der Waals surface area contributed by atoms with Crippen LogP contribution in [0.3, 0.4) is 0 Å². The van der Waals surface area contributed by atoms with Crippen LogP contribution in [0.5, 0.6) is 5.75 Å². The largest absolute Gasteiger partial charge is 0.506 e. The van der Waals surface area contributed by atoms with Gasteiger partial charge in [0.2, 0.25) is 0 Å². The van der Waals surface area contributed by atoms with E-state index in [0.29, 0.717) is 10.9 Å². The van der Waals surface area contributed by atoms with Gasteiger partial charge in [-0.05, 0) is 17.7 Å². The fourth-order valence-corrected chi connectivity index (χ4v) is 2.68. The summed E-state index contributed by atoms with van der Waals surface area (Å²) in [4.78, 5) is 0. The zero-order valence-electron chi connectivity index (χ0n) is 9.28. The number of hydrogen-bond donors (Lipinski definition) is 3. The number of rotatable bonds is 1. The first-order valence-electron chi connectivity index (χ1n) is 5.77. The van der Waals surface area contributed by atoms with Crippen molar-refractivity contribution < 1.29 is 5.11 Å². The van der Waals surface area contributed by atoms with Crippen LogP contribution in [0.4, 0.5) is 0 Å². The topological polar surface area (TPSA) is 56.6 Å². The fraction of sp³-hybridized carbons (Fsp3) is 0.417. The van der Waals surface area contributed by atoms with E-state index < -0.39 is 0 Å². The first kappa shape index (κ1) is 10.9. The Labute approximate surface area is 105 Å². The minimum Gasteiger partial charge on any atom is -0.506 e. The van der Waals surface area contributed by atoms with Gasteiger partial charge < -0.3 is 15.8 Å². The highest BCUT2D eigenvalue weighted by Gasteiger charge is 2.34. The highest BCUT2D eigenvalue weighted by Crippen LogP contribution is 2.33. The fourth-order valence-electron chi connectivity index (χ4n) is 2.49. The molecule has 1 fully saturated rings. The Kier molecular flexibility index (Phi) is 2.68. The molecule has 4 nitrogen and oxygen atoms in total. The number of hydrogen-bond acceptors (Lipinski definition) is 4. The number of phenolic OH excluding ortho intramolecular Hbond substituents is 1. The molecule has 3 rings (SSSR count). The summed E-state index contributed by atoms with van der Waals surface area (Å²) in [5.74, 6) is 0.515. The van der Waals surface area contributed by atoms with Crippen molar-refractivity contribution in [3.8, 4) is 5.75 Å². The highest BCUT2D eigenvalue weighted by atomic mass is 35.5. The van der Waals surface area contributed by atoms with Gasteiger partial charge >= 0.3 is 0 Å². The minimum atomic E-state index is 0.122. The van der Waals surface area contributed by atoms with Crippen LogP contribution in [0, 0.1) is 5.92 Å². The van der Waals surface area contributed by atoms with Crippen LogP contribution in [-0.4, -0.2) is 23.9 Å². The summed E-state index contributed by atoms with van der Waals surface area (Å²) in [6, 6.07) is 5.50. The van der Waals surface area contributed by atoms with Crippen molar-refractivity contribution in [1.29, 1.82) is 0 Å². The summed E-state index contributed by atoms with van der Waals surface area (Å²) in [7, 11) is 0. The lowest BCUT2D eigenvalue weighted by molar-refractivity contribution is 0.448. The molecule has 0 radical (unpaired) electrons. The van der Waals surface area contributed by atoms with Crippen molar-refractivity contribution >= 4 is 17.3 Å². The maximum Gasteiger partial charge on any atom is 0.134 e. The zero-order valence-corrected chi connectivity index (χ0v) is 10.0. The van der Waals surface area contributed by atoms with Crippen LogP contribution < -0.4 is 10.7 Å². The molecule has 1 aromatic rings. The second kappa shape index (κ2) is 4.20. The number of phenols is 1. The number of halogens is 1. The van der Waals surface area contributed by atoms with Crippen LogP contribution in [-0.2, 0) is 0 Å². The van der Waals surface area contributed by atoms with E-state index in [0.717, 1.165) is 25.1 Å². The molecule has 1 aromatic carbocycles. The summed E-state index contributed by atoms with van der Waals surface area (Å²) in [6.45, 7) is 1.94. The van der Waals surface area contributed by atoms with E-state index >= 15 is 0 Å². The van der Waals surface area contributed by atoms with Gasteiger partial charge in [-0.3, -0.25) is 0 Å². The quantitative estimate of drug-likeness (QED) is 0.712. The molecule has 0 aliphatic carbocycles. The summed E-state index contributed by atoms with van der Waals surface area (Å²) in [6.07, 6.45) is 1.000. The van der Waals surface area contributed by atoms with Crippen LogP contribution >= 0.6 is 11.6 Å². The summed E-state index contributed by atoms with van der Waals surface area (Å²) >= 11 is 5.94. The van der Waals surface area contributed by atoms with Crippen molar-refractivity contribution in [2.75, 3.05) is 13.1 Å². The average molecular weight is 252 g/mol. The number of nitrogens with one attached hydrogen (secondary N) is 2. The molecule has 0 aromatic heterocycles. The Balaban J connectivity index is 1.88. The molecule has 0 saturated carbocycles. The Bertz CT molecular complexity index is 475. The van der Waals surface area contributed by atoms with Crippen molar-refractivity contribution in [3.63, 3.8) is 0 Å². The Morgan fingerprint density at radius 3 is 3.12 bits per heavy atom. The predicted octanol–water partition coefficient (Wildman–Crippen LogP) is 1.66. The van der Waals surface area contributed by atoms with E-state index in [4.69, 9.17) is 11.6 Å². The van der Waals surface area contributed by atoms with Gasteiger partial charge in [0, 0.05) is 31.1 Å². The van der Waals surface area contributed by atoms with Crippen molar-refractivity contribution in [2.45, 2.75) is 12.5 Å². The smallest absolute Gasteiger partial charge is 0.134 e. The molecule has 0 amide bonds. The van der Waals surface area contributed by atoms with Gasteiger partial charge in [-0.1, -0.05) is 17.7 Å². The lowest BCUT2D eigenvalue weighted by Crippen LogP contribution is -2.38. The number of hydrazone groups is 1. The standard InChI is InChI=1S/C12H14ClN3O/c13-9-5-7(1-2-11(9)17)12-8-6-14-4-3-10(8)15-16-12/h1-2,5,8,12,14,16-17H,3-4,6H2. The van der Waals surface area contributed by atoms with Crippen molar-refractivity contribution in [1.82, 2.24) is 10.7 Å². The second-order valence-electron chi connectivity index (χ2n) is 4.48. The van der Waals surface area contributed by atoms with E-state index in [-0.39, 0.29) is 11.8 Å². The van der Waals surface area contributed by atoms with Crippen LogP contribution in [0.1, 0.15) is 18.0 Å². The molecule has 2 unspecified atom stereocenters. The molecular weight excluding hydrogens is 238 g/mol. The molecule has 0 spiro atoms.